The molecule has 15 heavy (non-hydrogen) atoms. The average Bonchev–Trinajstić information content (AvgIpc) is 2.28. The molecule has 1 rings (SSSR count). The van der Waals surface area contributed by atoms with Gasteiger partial charge in [0, 0.05) is 5.69 Å². The van der Waals surface area contributed by atoms with E-state index in [4.69, 9.17) is 0 Å². The molecule has 0 unspecified atom stereocenters. The van der Waals surface area contributed by atoms with Gasteiger partial charge in [-0.2, -0.15) is 0 Å². The lowest BCUT2D eigenvalue weighted by Gasteiger charge is -2.10. The van der Waals surface area contributed by atoms with Crippen molar-refractivity contribution in [3.05, 3.63) is 29.3 Å². The normalized spacial score (nSPS) is 9.80. The van der Waals surface area contributed by atoms with Gasteiger partial charge in [-0.25, -0.2) is 4.79 Å². The van der Waals surface area contributed by atoms with Gasteiger partial charge in [-0.05, 0) is 30.0 Å². The van der Waals surface area contributed by atoms with E-state index in [0.717, 1.165) is 24.1 Å². The van der Waals surface area contributed by atoms with Gasteiger partial charge in [-0.3, -0.25) is 5.32 Å². The number of aryl methyl sites for hydroxylation is 2. The maximum Gasteiger partial charge on any atom is 0.411 e. The van der Waals surface area contributed by atoms with Crippen LogP contribution >= 0.6 is 0 Å². The van der Waals surface area contributed by atoms with E-state index in [1.165, 1.54) is 12.7 Å². The number of amides is 1. The van der Waals surface area contributed by atoms with Gasteiger partial charge in [0.1, 0.15) is 0 Å². The van der Waals surface area contributed by atoms with Crippen molar-refractivity contribution in [2.45, 2.75) is 26.7 Å². The van der Waals surface area contributed by atoms with Crippen molar-refractivity contribution in [2.75, 3.05) is 12.4 Å². The fraction of sp³-hybridized carbons (Fsp3) is 0.417. The minimum absolute atomic E-state index is 0.419. The van der Waals surface area contributed by atoms with Gasteiger partial charge in [0.25, 0.3) is 0 Å². The lowest BCUT2D eigenvalue weighted by atomic mass is 10.1. The van der Waals surface area contributed by atoms with Crippen LogP contribution in [0.15, 0.2) is 18.2 Å². The molecule has 3 nitrogen and oxygen atoms in total. The summed E-state index contributed by atoms with van der Waals surface area (Å²) in [4.78, 5) is 11.1. The Hall–Kier alpha value is -1.51. The van der Waals surface area contributed by atoms with Crippen LogP contribution in [-0.4, -0.2) is 13.2 Å². The van der Waals surface area contributed by atoms with Crippen LogP contribution in [0.1, 0.15) is 25.0 Å². The van der Waals surface area contributed by atoms with Crippen LogP contribution in [0.4, 0.5) is 10.5 Å². The molecule has 1 aromatic carbocycles. The monoisotopic (exact) mass is 207 g/mol. The second kappa shape index (κ2) is 5.39. The van der Waals surface area contributed by atoms with Crippen molar-refractivity contribution in [3.63, 3.8) is 0 Å². The largest absolute Gasteiger partial charge is 0.453 e. The molecule has 0 aliphatic carbocycles. The van der Waals surface area contributed by atoms with E-state index >= 15 is 0 Å². The van der Waals surface area contributed by atoms with E-state index in [1.807, 2.05) is 12.1 Å². The predicted molar refractivity (Wildman–Crippen MR) is 61.2 cm³/mol. The van der Waals surface area contributed by atoms with Crippen LogP contribution in [0.5, 0.6) is 0 Å². The molecule has 0 aliphatic rings. The number of anilines is 1. The summed E-state index contributed by atoms with van der Waals surface area (Å²) in [6.45, 7) is 4.15. The zero-order valence-corrected chi connectivity index (χ0v) is 9.46. The fourth-order valence-electron chi connectivity index (χ4n) is 1.43. The highest BCUT2D eigenvalue weighted by atomic mass is 16.5. The Balaban J connectivity index is 2.95. The number of hydrogen-bond donors (Lipinski definition) is 1. The van der Waals surface area contributed by atoms with E-state index < -0.39 is 6.09 Å². The molecule has 1 aromatic rings. The maximum absolute atomic E-state index is 11.1. The van der Waals surface area contributed by atoms with Crippen molar-refractivity contribution in [2.24, 2.45) is 0 Å². The van der Waals surface area contributed by atoms with Crippen LogP contribution in [0.3, 0.4) is 0 Å². The minimum atomic E-state index is -0.419. The summed E-state index contributed by atoms with van der Waals surface area (Å²) < 4.78 is 4.58. The van der Waals surface area contributed by atoms with Crippen LogP contribution < -0.4 is 5.32 Å². The Labute approximate surface area is 90.4 Å². The Morgan fingerprint density at radius 1 is 1.33 bits per heavy atom. The second-order valence-electron chi connectivity index (χ2n) is 3.32. The lowest BCUT2D eigenvalue weighted by Crippen LogP contribution is -2.12. The van der Waals surface area contributed by atoms with Crippen LogP contribution in [-0.2, 0) is 17.6 Å². The first-order chi connectivity index (χ1) is 7.21. The van der Waals surface area contributed by atoms with Gasteiger partial charge < -0.3 is 4.74 Å². The maximum atomic E-state index is 11.1. The summed E-state index contributed by atoms with van der Waals surface area (Å²) in [6.07, 6.45) is 1.43. The molecule has 0 radical (unpaired) electrons. The molecule has 82 valence electrons. The van der Waals surface area contributed by atoms with Crippen molar-refractivity contribution >= 4 is 11.8 Å². The van der Waals surface area contributed by atoms with E-state index in [0.29, 0.717) is 0 Å². The molecule has 0 spiro atoms. The summed E-state index contributed by atoms with van der Waals surface area (Å²) >= 11 is 0. The average molecular weight is 207 g/mol. The summed E-state index contributed by atoms with van der Waals surface area (Å²) in [5, 5.41) is 2.72. The summed E-state index contributed by atoms with van der Waals surface area (Å²) in [5.74, 6) is 0. The Bertz CT molecular complexity index is 347. The first-order valence-electron chi connectivity index (χ1n) is 5.18. The zero-order chi connectivity index (χ0) is 11.3. The molecule has 0 saturated carbocycles. The Kier molecular flexibility index (Phi) is 4.16. The van der Waals surface area contributed by atoms with E-state index in [2.05, 4.69) is 30.0 Å². The summed E-state index contributed by atoms with van der Waals surface area (Å²) in [7, 11) is 1.37. The highest BCUT2D eigenvalue weighted by Gasteiger charge is 2.05. The number of nitrogens with one attached hydrogen (secondary N) is 1. The van der Waals surface area contributed by atoms with Crippen LogP contribution in [0, 0.1) is 0 Å². The standard InChI is InChI=1S/C12H17NO2/c1-4-9-6-7-10(5-2)11(8-9)13-12(14)15-3/h6-8H,4-5H2,1-3H3,(H,13,14). The topological polar surface area (TPSA) is 38.3 Å². The molecular weight excluding hydrogens is 190 g/mol. The highest BCUT2D eigenvalue weighted by molar-refractivity contribution is 5.85. The molecule has 0 aromatic heterocycles. The minimum Gasteiger partial charge on any atom is -0.453 e. The number of rotatable bonds is 3. The fourth-order valence-corrected chi connectivity index (χ4v) is 1.43. The molecule has 0 aliphatic heterocycles. The van der Waals surface area contributed by atoms with Crippen molar-refractivity contribution in [3.8, 4) is 0 Å². The molecule has 1 amide bonds. The lowest BCUT2D eigenvalue weighted by molar-refractivity contribution is 0.187. The highest BCUT2D eigenvalue weighted by Crippen LogP contribution is 2.19. The molecular formula is C12H17NO2. The zero-order valence-electron chi connectivity index (χ0n) is 9.46. The SMILES string of the molecule is CCc1ccc(CC)c(NC(=O)OC)c1. The number of hydrogen-bond acceptors (Lipinski definition) is 2. The van der Waals surface area contributed by atoms with Crippen LogP contribution in [0.2, 0.25) is 0 Å². The molecule has 0 saturated heterocycles. The van der Waals surface area contributed by atoms with Gasteiger partial charge in [-0.1, -0.05) is 26.0 Å². The summed E-state index contributed by atoms with van der Waals surface area (Å²) in [5.41, 5.74) is 3.18. The number of benzene rings is 1. The molecule has 3 heteroatoms. The Morgan fingerprint density at radius 3 is 2.60 bits per heavy atom. The Morgan fingerprint density at radius 2 is 2.07 bits per heavy atom. The third kappa shape index (κ3) is 2.98. The molecule has 1 N–H and O–H groups in total. The van der Waals surface area contributed by atoms with Crippen molar-refractivity contribution < 1.29 is 9.53 Å². The molecule has 0 heterocycles. The smallest absolute Gasteiger partial charge is 0.411 e. The van der Waals surface area contributed by atoms with Gasteiger partial charge in [0.05, 0.1) is 7.11 Å². The predicted octanol–water partition coefficient (Wildman–Crippen LogP) is 2.99. The van der Waals surface area contributed by atoms with Gasteiger partial charge in [-0.15, -0.1) is 0 Å². The first kappa shape index (κ1) is 11.6. The van der Waals surface area contributed by atoms with Crippen molar-refractivity contribution in [1.29, 1.82) is 0 Å². The van der Waals surface area contributed by atoms with Gasteiger partial charge in [0.2, 0.25) is 0 Å². The third-order valence-electron chi connectivity index (χ3n) is 2.39. The molecule has 0 atom stereocenters. The quantitative estimate of drug-likeness (QED) is 0.827. The van der Waals surface area contributed by atoms with Gasteiger partial charge >= 0.3 is 6.09 Å². The second-order valence-corrected chi connectivity index (χ2v) is 3.32. The number of ether oxygens (including phenoxy) is 1. The van der Waals surface area contributed by atoms with E-state index in [-0.39, 0.29) is 0 Å². The van der Waals surface area contributed by atoms with E-state index in [9.17, 15) is 4.79 Å². The third-order valence-corrected chi connectivity index (χ3v) is 2.39. The van der Waals surface area contributed by atoms with Crippen molar-refractivity contribution in [1.82, 2.24) is 0 Å². The molecule has 0 bridgehead atoms. The number of carbonyl (C=O) groups is 1. The number of carbonyl (C=O) groups excluding carboxylic acids is 1. The van der Waals surface area contributed by atoms with Gasteiger partial charge in [0.15, 0.2) is 0 Å². The van der Waals surface area contributed by atoms with Crippen LogP contribution in [0.25, 0.3) is 0 Å². The summed E-state index contributed by atoms with van der Waals surface area (Å²) in [6, 6.07) is 6.13. The first-order valence-corrected chi connectivity index (χ1v) is 5.18. The molecule has 0 fully saturated rings. The van der Waals surface area contributed by atoms with E-state index in [1.54, 1.807) is 0 Å². The number of methoxy groups -OCH3 is 1.